The van der Waals surface area contributed by atoms with Gasteiger partial charge in [-0.2, -0.15) is 0 Å². The second-order valence-electron chi connectivity index (χ2n) is 2.27. The standard InChI is InChI=1S/C8H9NO/c1-5-4-8(10)9-7(3)6(5)2/h4H,2-3H2,1H3,(H,9,10). The molecule has 0 saturated heterocycles. The largest absolute Gasteiger partial charge is 0.323 e. The Bertz CT molecular complexity index is 389. The highest BCUT2D eigenvalue weighted by atomic mass is 16.1. The van der Waals surface area contributed by atoms with Crippen LogP contribution >= 0.6 is 0 Å². The van der Waals surface area contributed by atoms with Crippen molar-refractivity contribution in [2.24, 2.45) is 0 Å². The first-order valence-electron chi connectivity index (χ1n) is 2.99. The minimum Gasteiger partial charge on any atom is -0.323 e. The maximum atomic E-state index is 10.7. The Morgan fingerprint density at radius 2 is 2.10 bits per heavy atom. The third-order valence-electron chi connectivity index (χ3n) is 1.46. The van der Waals surface area contributed by atoms with E-state index < -0.39 is 0 Å². The zero-order chi connectivity index (χ0) is 7.72. The fourth-order valence-electron chi connectivity index (χ4n) is 0.782. The summed E-state index contributed by atoms with van der Waals surface area (Å²) in [6.45, 7) is 9.19. The van der Waals surface area contributed by atoms with E-state index >= 15 is 0 Å². The van der Waals surface area contributed by atoms with Crippen LogP contribution in [0.5, 0.6) is 0 Å². The Kier molecular flexibility index (Phi) is 1.45. The second-order valence-corrected chi connectivity index (χ2v) is 2.27. The van der Waals surface area contributed by atoms with Gasteiger partial charge in [-0.1, -0.05) is 13.2 Å². The lowest BCUT2D eigenvalue weighted by molar-refractivity contribution is 1.13. The molecule has 0 aliphatic heterocycles. The van der Waals surface area contributed by atoms with Crippen LogP contribution in [0.25, 0.3) is 13.2 Å². The van der Waals surface area contributed by atoms with E-state index in [-0.39, 0.29) is 5.56 Å². The second kappa shape index (κ2) is 2.14. The molecule has 0 atom stereocenters. The van der Waals surface area contributed by atoms with Gasteiger partial charge in [-0.05, 0) is 17.7 Å². The predicted octanol–water partition coefficient (Wildman–Crippen LogP) is -0.496. The summed E-state index contributed by atoms with van der Waals surface area (Å²) in [6.07, 6.45) is 0. The molecule has 1 N–H and O–H groups in total. The molecule has 0 radical (unpaired) electrons. The van der Waals surface area contributed by atoms with Crippen LogP contribution in [-0.4, -0.2) is 4.98 Å². The van der Waals surface area contributed by atoms with Gasteiger partial charge in [-0.3, -0.25) is 4.79 Å². The fourth-order valence-corrected chi connectivity index (χ4v) is 0.782. The Labute approximate surface area is 58.5 Å². The van der Waals surface area contributed by atoms with Gasteiger partial charge in [-0.25, -0.2) is 0 Å². The summed E-state index contributed by atoms with van der Waals surface area (Å²) in [4.78, 5) is 13.3. The summed E-state index contributed by atoms with van der Waals surface area (Å²) < 4.78 is 0. The van der Waals surface area contributed by atoms with E-state index in [4.69, 9.17) is 0 Å². The lowest BCUT2D eigenvalue weighted by Crippen LogP contribution is -2.33. The minimum absolute atomic E-state index is 0.116. The first-order valence-corrected chi connectivity index (χ1v) is 2.99. The molecule has 0 amide bonds. The lowest BCUT2D eigenvalue weighted by atomic mass is 10.2. The lowest BCUT2D eigenvalue weighted by Gasteiger charge is -1.90. The van der Waals surface area contributed by atoms with Gasteiger partial charge in [0, 0.05) is 11.4 Å². The van der Waals surface area contributed by atoms with Crippen LogP contribution in [0.3, 0.4) is 0 Å². The molecule has 2 heteroatoms. The monoisotopic (exact) mass is 135 g/mol. The van der Waals surface area contributed by atoms with Crippen molar-refractivity contribution < 1.29 is 0 Å². The Morgan fingerprint density at radius 1 is 1.50 bits per heavy atom. The predicted molar refractivity (Wildman–Crippen MR) is 42.1 cm³/mol. The molecule has 0 aliphatic rings. The van der Waals surface area contributed by atoms with Gasteiger partial charge >= 0.3 is 0 Å². The Morgan fingerprint density at radius 3 is 2.60 bits per heavy atom. The molecule has 0 bridgehead atoms. The van der Waals surface area contributed by atoms with Crippen molar-refractivity contribution in [2.45, 2.75) is 6.92 Å². The van der Waals surface area contributed by atoms with E-state index in [2.05, 4.69) is 18.1 Å². The Hall–Kier alpha value is -1.31. The van der Waals surface area contributed by atoms with E-state index in [1.807, 2.05) is 6.92 Å². The number of aromatic nitrogens is 1. The van der Waals surface area contributed by atoms with E-state index in [9.17, 15) is 4.79 Å². The van der Waals surface area contributed by atoms with E-state index in [1.54, 1.807) is 0 Å². The number of hydrogen-bond acceptors (Lipinski definition) is 1. The smallest absolute Gasteiger partial charge is 0.248 e. The van der Waals surface area contributed by atoms with Crippen LogP contribution in [0.4, 0.5) is 0 Å². The van der Waals surface area contributed by atoms with Crippen LogP contribution in [-0.2, 0) is 0 Å². The van der Waals surface area contributed by atoms with Crippen molar-refractivity contribution >= 4 is 13.2 Å². The molecule has 0 aliphatic carbocycles. The number of nitrogens with one attached hydrogen (secondary N) is 1. The molecule has 1 rings (SSSR count). The first-order chi connectivity index (χ1) is 4.61. The molecular formula is C8H9NO. The summed E-state index contributed by atoms with van der Waals surface area (Å²) in [5.74, 6) is 0. The average molecular weight is 135 g/mol. The zero-order valence-corrected chi connectivity index (χ0v) is 5.90. The summed E-state index contributed by atoms with van der Waals surface area (Å²) in [5.41, 5.74) is 0.767. The normalized spacial score (nSPS) is 9.70. The molecule has 1 aromatic rings. The van der Waals surface area contributed by atoms with Gasteiger partial charge in [0.15, 0.2) is 0 Å². The van der Waals surface area contributed by atoms with Gasteiger partial charge in [-0.15, -0.1) is 0 Å². The highest BCUT2D eigenvalue weighted by Crippen LogP contribution is 1.72. The number of rotatable bonds is 0. The zero-order valence-electron chi connectivity index (χ0n) is 5.90. The molecular weight excluding hydrogens is 126 g/mol. The van der Waals surface area contributed by atoms with Crippen molar-refractivity contribution in [3.63, 3.8) is 0 Å². The maximum Gasteiger partial charge on any atom is 0.248 e. The summed E-state index contributed by atoms with van der Waals surface area (Å²) in [6, 6.07) is 1.51. The Balaban J connectivity index is 3.80. The van der Waals surface area contributed by atoms with Crippen LogP contribution in [0.1, 0.15) is 5.56 Å². The molecule has 0 spiro atoms. The summed E-state index contributed by atoms with van der Waals surface area (Å²) in [7, 11) is 0. The molecule has 0 aromatic carbocycles. The van der Waals surface area contributed by atoms with Crippen LogP contribution in [0, 0.1) is 6.92 Å². The van der Waals surface area contributed by atoms with Crippen molar-refractivity contribution in [2.75, 3.05) is 0 Å². The number of aryl methyl sites for hydroxylation is 1. The van der Waals surface area contributed by atoms with E-state index in [1.165, 1.54) is 6.07 Å². The fraction of sp³-hybridized carbons (Fsp3) is 0.125. The van der Waals surface area contributed by atoms with Gasteiger partial charge < -0.3 is 4.98 Å². The van der Waals surface area contributed by atoms with Gasteiger partial charge in [0.05, 0.1) is 0 Å². The third-order valence-corrected chi connectivity index (χ3v) is 1.46. The molecule has 0 unspecified atom stereocenters. The summed E-state index contributed by atoms with van der Waals surface area (Å²) in [5, 5.41) is 1.41. The molecule has 52 valence electrons. The molecule has 2 nitrogen and oxygen atoms in total. The highest BCUT2D eigenvalue weighted by Gasteiger charge is 1.87. The average Bonchev–Trinajstić information content (AvgIpc) is 1.82. The van der Waals surface area contributed by atoms with Gasteiger partial charge in [0.2, 0.25) is 5.56 Å². The van der Waals surface area contributed by atoms with E-state index in [0.29, 0.717) is 5.35 Å². The maximum absolute atomic E-state index is 10.7. The van der Waals surface area contributed by atoms with Crippen molar-refractivity contribution in [3.8, 4) is 0 Å². The highest BCUT2D eigenvalue weighted by molar-refractivity contribution is 5.18. The molecule has 1 heterocycles. The molecule has 10 heavy (non-hydrogen) atoms. The molecule has 1 aromatic heterocycles. The quantitative estimate of drug-likeness (QED) is 0.511. The SMILES string of the molecule is C=c1[nH]c(=O)cc(C)c1=C. The van der Waals surface area contributed by atoms with Gasteiger partial charge in [0.25, 0.3) is 0 Å². The van der Waals surface area contributed by atoms with Crippen LogP contribution in [0.15, 0.2) is 10.9 Å². The van der Waals surface area contributed by atoms with Crippen LogP contribution < -0.4 is 16.1 Å². The molecule has 0 fully saturated rings. The topological polar surface area (TPSA) is 32.9 Å². The minimum atomic E-state index is -0.116. The molecule has 0 saturated carbocycles. The van der Waals surface area contributed by atoms with Crippen molar-refractivity contribution in [1.82, 2.24) is 4.98 Å². The van der Waals surface area contributed by atoms with Crippen molar-refractivity contribution in [3.05, 3.63) is 32.6 Å². The number of H-pyrrole nitrogens is 1. The number of hydrogen-bond donors (Lipinski definition) is 1. The van der Waals surface area contributed by atoms with Crippen molar-refractivity contribution in [1.29, 1.82) is 0 Å². The van der Waals surface area contributed by atoms with Gasteiger partial charge in [0.1, 0.15) is 0 Å². The first kappa shape index (κ1) is 6.81. The van der Waals surface area contributed by atoms with E-state index in [0.717, 1.165) is 10.8 Å². The third kappa shape index (κ3) is 1.00. The van der Waals surface area contributed by atoms with Crippen LogP contribution in [0.2, 0.25) is 0 Å². The number of pyridine rings is 1. The number of aromatic amines is 1. The summed E-state index contributed by atoms with van der Waals surface area (Å²) >= 11 is 0.